The molecule has 6 nitrogen and oxygen atoms in total. The fraction of sp³-hybridized carbons (Fsp3) is 0.333. The third kappa shape index (κ3) is 3.83. The number of hydrogen-bond donors (Lipinski definition) is 0. The van der Waals surface area contributed by atoms with E-state index in [-0.39, 0.29) is 23.3 Å². The van der Waals surface area contributed by atoms with Crippen molar-refractivity contribution in [2.24, 2.45) is 0 Å². The summed E-state index contributed by atoms with van der Waals surface area (Å²) in [6, 6.07) is 6.56. The summed E-state index contributed by atoms with van der Waals surface area (Å²) >= 11 is 6.40. The molecule has 2 aromatic rings. The second kappa shape index (κ2) is 7.25. The lowest BCUT2D eigenvalue weighted by Gasteiger charge is -2.09. The van der Waals surface area contributed by atoms with Crippen molar-refractivity contribution in [1.29, 1.82) is 0 Å². The fourth-order valence-electron chi connectivity index (χ4n) is 2.94. The molecule has 0 aliphatic carbocycles. The van der Waals surface area contributed by atoms with E-state index in [0.717, 1.165) is 0 Å². The summed E-state index contributed by atoms with van der Waals surface area (Å²) in [6.45, 7) is 1.78. The van der Waals surface area contributed by atoms with E-state index >= 15 is 0 Å². The number of benzene rings is 1. The number of carbonyl (C=O) groups is 1. The number of rotatable bonds is 5. The number of aryl methyl sites for hydroxylation is 1. The van der Waals surface area contributed by atoms with Crippen molar-refractivity contribution in [3.05, 3.63) is 52.3 Å². The van der Waals surface area contributed by atoms with Crippen LogP contribution in [0.15, 0.2) is 30.3 Å². The second-order valence-corrected chi connectivity index (χ2v) is 8.80. The molecule has 8 heteroatoms. The SMILES string of the molecule is COc1ccc(C(=O)/C=C/c2c(C)nn([C@@H]3CCS(=O)(=O)C3)c2Cl)cc1. The van der Waals surface area contributed by atoms with Crippen molar-refractivity contribution in [3.63, 3.8) is 0 Å². The number of carbonyl (C=O) groups excluding carboxylic acids is 1. The van der Waals surface area contributed by atoms with E-state index < -0.39 is 9.84 Å². The standard InChI is InChI=1S/C18H19ClN2O4S/c1-12-16(7-8-17(22)13-3-5-15(25-2)6-4-13)18(19)21(20-12)14-9-10-26(23,24)11-14/h3-8,14H,9-11H2,1-2H3/b8-7+/t14-/m1/s1. The Hall–Kier alpha value is -2.12. The Balaban J connectivity index is 1.81. The van der Waals surface area contributed by atoms with Crippen LogP contribution in [-0.2, 0) is 9.84 Å². The summed E-state index contributed by atoms with van der Waals surface area (Å²) in [5.74, 6) is 0.701. The van der Waals surface area contributed by atoms with Crippen molar-refractivity contribution in [2.45, 2.75) is 19.4 Å². The highest BCUT2D eigenvalue weighted by Crippen LogP contribution is 2.30. The number of allylic oxidation sites excluding steroid dienone is 1. The van der Waals surface area contributed by atoms with Gasteiger partial charge in [-0.3, -0.25) is 4.79 Å². The molecular weight excluding hydrogens is 376 g/mol. The number of ether oxygens (including phenoxy) is 1. The average molecular weight is 395 g/mol. The van der Waals surface area contributed by atoms with Crippen molar-refractivity contribution in [3.8, 4) is 5.75 Å². The Morgan fingerprint density at radius 3 is 2.62 bits per heavy atom. The van der Waals surface area contributed by atoms with Gasteiger partial charge in [-0.1, -0.05) is 11.6 Å². The summed E-state index contributed by atoms with van der Waals surface area (Å²) in [6.07, 6.45) is 3.56. The van der Waals surface area contributed by atoms with Gasteiger partial charge in [-0.05, 0) is 49.8 Å². The smallest absolute Gasteiger partial charge is 0.185 e. The minimum Gasteiger partial charge on any atom is -0.497 e. The van der Waals surface area contributed by atoms with Crippen LogP contribution in [0.1, 0.15) is 34.1 Å². The Bertz CT molecular complexity index is 962. The molecule has 1 aliphatic rings. The van der Waals surface area contributed by atoms with E-state index in [0.29, 0.717) is 34.1 Å². The van der Waals surface area contributed by atoms with Crippen molar-refractivity contribution in [1.82, 2.24) is 9.78 Å². The Morgan fingerprint density at radius 1 is 1.35 bits per heavy atom. The lowest BCUT2D eigenvalue weighted by Crippen LogP contribution is -2.12. The second-order valence-electron chi connectivity index (χ2n) is 6.22. The van der Waals surface area contributed by atoms with Crippen LogP contribution >= 0.6 is 11.6 Å². The lowest BCUT2D eigenvalue weighted by atomic mass is 10.1. The number of nitrogens with zero attached hydrogens (tertiary/aromatic N) is 2. The average Bonchev–Trinajstić information content (AvgIpc) is 3.12. The van der Waals surface area contributed by atoms with Gasteiger partial charge in [0.1, 0.15) is 10.9 Å². The number of halogens is 1. The maximum absolute atomic E-state index is 12.3. The molecule has 0 N–H and O–H groups in total. The topological polar surface area (TPSA) is 78.3 Å². The van der Waals surface area contributed by atoms with Crippen LogP contribution in [0.4, 0.5) is 0 Å². The molecule has 1 atom stereocenters. The zero-order valence-electron chi connectivity index (χ0n) is 14.5. The summed E-state index contributed by atoms with van der Waals surface area (Å²) < 4.78 is 30.0. The molecule has 0 radical (unpaired) electrons. The molecule has 0 bridgehead atoms. The fourth-order valence-corrected chi connectivity index (χ4v) is 5.01. The molecule has 0 amide bonds. The highest BCUT2D eigenvalue weighted by atomic mass is 35.5. The molecule has 1 fully saturated rings. The Labute approximate surface area is 157 Å². The molecule has 0 spiro atoms. The van der Waals surface area contributed by atoms with Gasteiger partial charge in [0, 0.05) is 11.1 Å². The number of ketones is 1. The molecule has 26 heavy (non-hydrogen) atoms. The molecule has 0 unspecified atom stereocenters. The van der Waals surface area contributed by atoms with Gasteiger partial charge in [0.15, 0.2) is 15.6 Å². The van der Waals surface area contributed by atoms with E-state index in [1.54, 1.807) is 49.1 Å². The van der Waals surface area contributed by atoms with E-state index in [9.17, 15) is 13.2 Å². The van der Waals surface area contributed by atoms with Gasteiger partial charge in [0.2, 0.25) is 0 Å². The van der Waals surface area contributed by atoms with Gasteiger partial charge in [0.05, 0.1) is 30.4 Å². The highest BCUT2D eigenvalue weighted by molar-refractivity contribution is 7.91. The van der Waals surface area contributed by atoms with Crippen molar-refractivity contribution in [2.75, 3.05) is 18.6 Å². The first-order chi connectivity index (χ1) is 12.3. The lowest BCUT2D eigenvalue weighted by molar-refractivity contribution is 0.104. The first-order valence-electron chi connectivity index (χ1n) is 8.12. The number of aromatic nitrogens is 2. The third-order valence-corrected chi connectivity index (χ3v) is 6.53. The van der Waals surface area contributed by atoms with Gasteiger partial charge < -0.3 is 4.74 Å². The molecular formula is C18H19ClN2O4S. The minimum absolute atomic E-state index is 0.0434. The monoisotopic (exact) mass is 394 g/mol. The molecule has 138 valence electrons. The van der Waals surface area contributed by atoms with Crippen LogP contribution in [0.5, 0.6) is 5.75 Å². The molecule has 3 rings (SSSR count). The van der Waals surface area contributed by atoms with Gasteiger partial charge >= 0.3 is 0 Å². The van der Waals surface area contributed by atoms with E-state index in [2.05, 4.69) is 5.10 Å². The first-order valence-corrected chi connectivity index (χ1v) is 10.3. The highest BCUT2D eigenvalue weighted by Gasteiger charge is 2.31. The van der Waals surface area contributed by atoms with Crippen LogP contribution in [-0.4, -0.2) is 42.6 Å². The van der Waals surface area contributed by atoms with Crippen LogP contribution in [0, 0.1) is 6.92 Å². The third-order valence-electron chi connectivity index (χ3n) is 4.40. The zero-order chi connectivity index (χ0) is 18.9. The van der Waals surface area contributed by atoms with Crippen LogP contribution in [0.3, 0.4) is 0 Å². The predicted molar refractivity (Wildman–Crippen MR) is 101 cm³/mol. The van der Waals surface area contributed by atoms with Crippen LogP contribution in [0.25, 0.3) is 6.08 Å². The van der Waals surface area contributed by atoms with Gasteiger partial charge in [-0.15, -0.1) is 0 Å². The Kier molecular flexibility index (Phi) is 5.20. The van der Waals surface area contributed by atoms with Crippen molar-refractivity contribution >= 4 is 33.3 Å². The number of sulfone groups is 1. The molecule has 0 saturated carbocycles. The van der Waals surface area contributed by atoms with Gasteiger partial charge in [0.25, 0.3) is 0 Å². The Morgan fingerprint density at radius 2 is 2.04 bits per heavy atom. The molecule has 2 heterocycles. The minimum atomic E-state index is -3.03. The summed E-state index contributed by atoms with van der Waals surface area (Å²) in [5, 5.41) is 4.72. The summed E-state index contributed by atoms with van der Waals surface area (Å²) in [5.41, 5.74) is 1.81. The molecule has 1 saturated heterocycles. The van der Waals surface area contributed by atoms with Gasteiger partial charge in [-0.2, -0.15) is 5.10 Å². The summed E-state index contributed by atoms with van der Waals surface area (Å²) in [4.78, 5) is 12.3. The first kappa shape index (κ1) is 18.7. The van der Waals surface area contributed by atoms with Gasteiger partial charge in [-0.25, -0.2) is 13.1 Å². The normalized spacial score (nSPS) is 19.1. The number of methoxy groups -OCH3 is 1. The maximum Gasteiger partial charge on any atom is 0.185 e. The van der Waals surface area contributed by atoms with Crippen LogP contribution in [0.2, 0.25) is 5.15 Å². The molecule has 1 aromatic heterocycles. The van der Waals surface area contributed by atoms with E-state index in [1.807, 2.05) is 0 Å². The molecule has 1 aromatic carbocycles. The predicted octanol–water partition coefficient (Wildman–Crippen LogP) is 3.11. The largest absolute Gasteiger partial charge is 0.497 e. The van der Waals surface area contributed by atoms with Crippen LogP contribution < -0.4 is 4.74 Å². The van der Waals surface area contributed by atoms with Crippen molar-refractivity contribution < 1.29 is 17.9 Å². The maximum atomic E-state index is 12.3. The zero-order valence-corrected chi connectivity index (χ0v) is 16.0. The van der Waals surface area contributed by atoms with E-state index in [4.69, 9.17) is 16.3 Å². The molecule has 1 aliphatic heterocycles. The van der Waals surface area contributed by atoms with E-state index in [1.165, 1.54) is 6.08 Å². The quantitative estimate of drug-likeness (QED) is 0.575. The summed E-state index contributed by atoms with van der Waals surface area (Å²) in [7, 11) is -1.47. The number of hydrogen-bond acceptors (Lipinski definition) is 5.